The Bertz CT molecular complexity index is 496. The molecule has 0 atom stereocenters. The van der Waals surface area contributed by atoms with Gasteiger partial charge in [0.15, 0.2) is 0 Å². The lowest BCUT2D eigenvalue weighted by Crippen LogP contribution is -2.44. The first kappa shape index (κ1) is 15.3. The second-order valence-corrected chi connectivity index (χ2v) is 5.17. The van der Waals surface area contributed by atoms with Crippen LogP contribution in [-0.2, 0) is 0 Å². The summed E-state index contributed by atoms with van der Waals surface area (Å²) in [5.74, 6) is 0. The van der Waals surface area contributed by atoms with Crippen LogP contribution in [0.15, 0.2) is 78.9 Å². The third-order valence-corrected chi connectivity index (χ3v) is 3.51. The molecule has 0 N–H and O–H groups in total. The molecule has 0 saturated carbocycles. The van der Waals surface area contributed by atoms with Gasteiger partial charge in [0, 0.05) is 31.9 Å². The summed E-state index contributed by atoms with van der Waals surface area (Å²) in [7, 11) is 2.18. The van der Waals surface area contributed by atoms with Gasteiger partial charge >= 0.3 is 0 Å². The SMILES string of the molecule is CN1CCN(c2ccccccccccccc2)CC1. The van der Waals surface area contributed by atoms with Gasteiger partial charge in [-0.3, -0.25) is 0 Å². The summed E-state index contributed by atoms with van der Waals surface area (Å²) in [6.45, 7) is 4.42. The minimum absolute atomic E-state index is 1.09. The Morgan fingerprint density at radius 1 is 0.571 bits per heavy atom. The Balaban J connectivity index is 2.28. The quantitative estimate of drug-likeness (QED) is 0.774. The summed E-state index contributed by atoms with van der Waals surface area (Å²) >= 11 is 0. The number of nitrogens with zero attached hydrogens (tertiary/aromatic N) is 2. The minimum Gasteiger partial charge on any atom is -0.369 e. The molecule has 0 radical (unpaired) electrons. The Hall–Kier alpha value is -2.06. The minimum atomic E-state index is 1.09. The zero-order valence-corrected chi connectivity index (χ0v) is 12.7. The third kappa shape index (κ3) is 5.84. The Labute approximate surface area is 128 Å². The van der Waals surface area contributed by atoms with Gasteiger partial charge < -0.3 is 9.80 Å². The predicted octanol–water partition coefficient (Wildman–Crippen LogP) is 3.69. The van der Waals surface area contributed by atoms with Gasteiger partial charge in [-0.15, -0.1) is 0 Å². The molecule has 0 bridgehead atoms. The molecule has 0 unspecified atom stereocenters. The van der Waals surface area contributed by atoms with Crippen LogP contribution in [0, 0.1) is 0 Å². The van der Waals surface area contributed by atoms with Crippen molar-refractivity contribution in [3.8, 4) is 0 Å². The van der Waals surface area contributed by atoms with Crippen LogP contribution < -0.4 is 4.90 Å². The zero-order valence-electron chi connectivity index (χ0n) is 12.7. The number of hydrogen-bond donors (Lipinski definition) is 0. The van der Waals surface area contributed by atoms with Crippen molar-refractivity contribution in [1.29, 1.82) is 0 Å². The molecule has 110 valence electrons. The number of rotatable bonds is 1. The number of piperazine rings is 1. The molecular formula is C19H24N2. The highest BCUT2D eigenvalue weighted by molar-refractivity contribution is 5.44. The second-order valence-electron chi connectivity index (χ2n) is 5.17. The van der Waals surface area contributed by atoms with Crippen LogP contribution >= 0.6 is 0 Å². The fourth-order valence-electron chi connectivity index (χ4n) is 2.22. The van der Waals surface area contributed by atoms with Gasteiger partial charge in [0.1, 0.15) is 0 Å². The van der Waals surface area contributed by atoms with Crippen molar-refractivity contribution in [2.45, 2.75) is 0 Å². The predicted molar refractivity (Wildman–Crippen MR) is 91.4 cm³/mol. The molecule has 0 amide bonds. The Kier molecular flexibility index (Phi) is 6.56. The molecule has 1 fully saturated rings. The average molecular weight is 280 g/mol. The molecular weight excluding hydrogens is 256 g/mol. The van der Waals surface area contributed by atoms with Crippen molar-refractivity contribution in [2.75, 3.05) is 38.1 Å². The smallest absolute Gasteiger partial charge is 0.0367 e. The van der Waals surface area contributed by atoms with Gasteiger partial charge in [-0.25, -0.2) is 0 Å². The van der Waals surface area contributed by atoms with E-state index >= 15 is 0 Å². The lowest BCUT2D eigenvalue weighted by Gasteiger charge is -2.33. The van der Waals surface area contributed by atoms with Crippen LogP contribution in [0.2, 0.25) is 0 Å². The van der Waals surface area contributed by atoms with Gasteiger partial charge in [0.25, 0.3) is 0 Å². The molecule has 1 aromatic rings. The molecule has 21 heavy (non-hydrogen) atoms. The van der Waals surface area contributed by atoms with E-state index < -0.39 is 0 Å². The van der Waals surface area contributed by atoms with E-state index in [1.54, 1.807) is 0 Å². The van der Waals surface area contributed by atoms with E-state index in [2.05, 4.69) is 53.2 Å². The van der Waals surface area contributed by atoms with Crippen molar-refractivity contribution in [2.24, 2.45) is 0 Å². The van der Waals surface area contributed by atoms with E-state index in [0.29, 0.717) is 0 Å². The second kappa shape index (κ2) is 8.98. The largest absolute Gasteiger partial charge is 0.369 e. The lowest BCUT2D eigenvalue weighted by atomic mass is 10.2. The maximum atomic E-state index is 2.44. The van der Waals surface area contributed by atoms with E-state index in [-0.39, 0.29) is 0 Å². The molecule has 1 aliphatic heterocycles. The van der Waals surface area contributed by atoms with Gasteiger partial charge in [0.2, 0.25) is 0 Å². The summed E-state index contributed by atoms with van der Waals surface area (Å²) < 4.78 is 0. The van der Waals surface area contributed by atoms with E-state index in [1.807, 2.05) is 42.5 Å². The molecule has 2 rings (SSSR count). The summed E-state index contributed by atoms with van der Waals surface area (Å²) in [6.07, 6.45) is 0. The van der Waals surface area contributed by atoms with Crippen LogP contribution in [-0.4, -0.2) is 38.1 Å². The standard InChI is InChI=1S/C19H24N2/c1-20-15-17-21(18-16-20)19-13-11-9-7-5-3-2-4-6-8-10-12-14-19/h2-14H,15-18H2,1H3. The monoisotopic (exact) mass is 280 g/mol. The summed E-state index contributed by atoms with van der Waals surface area (Å²) in [6, 6.07) is 27.0. The normalized spacial score (nSPS) is 14.8. The Morgan fingerprint density at radius 3 is 1.38 bits per heavy atom. The van der Waals surface area contributed by atoms with E-state index in [9.17, 15) is 0 Å². The van der Waals surface area contributed by atoms with Crippen molar-refractivity contribution in [3.05, 3.63) is 78.9 Å². The van der Waals surface area contributed by atoms with Gasteiger partial charge in [-0.1, -0.05) is 66.7 Å². The summed E-state index contributed by atoms with van der Waals surface area (Å²) in [4.78, 5) is 4.82. The molecule has 2 heteroatoms. The maximum absolute atomic E-state index is 2.44. The van der Waals surface area contributed by atoms with E-state index in [0.717, 1.165) is 26.2 Å². The van der Waals surface area contributed by atoms with Crippen molar-refractivity contribution in [3.63, 3.8) is 0 Å². The van der Waals surface area contributed by atoms with E-state index in [4.69, 9.17) is 0 Å². The molecule has 1 aromatic carbocycles. The van der Waals surface area contributed by atoms with Crippen LogP contribution in [0.5, 0.6) is 0 Å². The van der Waals surface area contributed by atoms with Crippen molar-refractivity contribution >= 4 is 5.69 Å². The Morgan fingerprint density at radius 2 is 0.952 bits per heavy atom. The molecule has 0 aliphatic carbocycles. The summed E-state index contributed by atoms with van der Waals surface area (Å²) in [5, 5.41) is 0. The molecule has 2 nitrogen and oxygen atoms in total. The van der Waals surface area contributed by atoms with Crippen molar-refractivity contribution < 1.29 is 0 Å². The highest BCUT2D eigenvalue weighted by Gasteiger charge is 2.12. The van der Waals surface area contributed by atoms with Crippen molar-refractivity contribution in [1.82, 2.24) is 4.90 Å². The molecule has 0 aromatic heterocycles. The maximum Gasteiger partial charge on any atom is 0.0367 e. The van der Waals surface area contributed by atoms with E-state index in [1.165, 1.54) is 5.69 Å². The fraction of sp³-hybridized carbons (Fsp3) is 0.263. The zero-order chi connectivity index (χ0) is 14.8. The lowest BCUT2D eigenvalue weighted by molar-refractivity contribution is 0.313. The molecule has 1 aliphatic rings. The molecule has 0 spiro atoms. The van der Waals surface area contributed by atoms with Crippen LogP contribution in [0.1, 0.15) is 0 Å². The number of likely N-dealkylation sites (N-methyl/N-ethyl adjacent to an activating group) is 1. The van der Waals surface area contributed by atoms with Gasteiger partial charge in [0.05, 0.1) is 0 Å². The summed E-state index contributed by atoms with van der Waals surface area (Å²) in [5.41, 5.74) is 1.27. The average Bonchev–Trinajstić information content (AvgIpc) is 2.50. The van der Waals surface area contributed by atoms with Crippen LogP contribution in [0.25, 0.3) is 0 Å². The van der Waals surface area contributed by atoms with Crippen LogP contribution in [0.4, 0.5) is 5.69 Å². The van der Waals surface area contributed by atoms with Gasteiger partial charge in [-0.05, 0) is 19.2 Å². The molecule has 1 saturated heterocycles. The fourth-order valence-corrected chi connectivity index (χ4v) is 2.22. The highest BCUT2D eigenvalue weighted by Crippen LogP contribution is 2.13. The van der Waals surface area contributed by atoms with Gasteiger partial charge in [-0.2, -0.15) is 0 Å². The first-order valence-corrected chi connectivity index (χ1v) is 7.51. The van der Waals surface area contributed by atoms with Crippen LogP contribution in [0.3, 0.4) is 0 Å². The topological polar surface area (TPSA) is 6.48 Å². The first-order chi connectivity index (χ1) is 10.4. The third-order valence-electron chi connectivity index (χ3n) is 3.51. The number of hydrogen-bond acceptors (Lipinski definition) is 2. The molecule has 1 heterocycles. The number of anilines is 1. The first-order valence-electron chi connectivity index (χ1n) is 7.51. The highest BCUT2D eigenvalue weighted by atomic mass is 15.2.